The lowest BCUT2D eigenvalue weighted by Gasteiger charge is -2.18. The van der Waals surface area contributed by atoms with Gasteiger partial charge in [-0.3, -0.25) is 4.79 Å². The lowest BCUT2D eigenvalue weighted by atomic mass is 10.0. The number of hydrogen-bond donors (Lipinski definition) is 3. The van der Waals surface area contributed by atoms with Gasteiger partial charge < -0.3 is 16.0 Å². The van der Waals surface area contributed by atoms with Crippen LogP contribution < -0.4 is 16.0 Å². The molecule has 0 saturated carbocycles. The second kappa shape index (κ2) is 10.7. The van der Waals surface area contributed by atoms with E-state index in [1.807, 2.05) is 24.3 Å². The van der Waals surface area contributed by atoms with Crippen molar-refractivity contribution in [1.29, 1.82) is 0 Å². The summed E-state index contributed by atoms with van der Waals surface area (Å²) in [6, 6.07) is 8.17. The Balaban J connectivity index is 2.66. The third-order valence-electron chi connectivity index (χ3n) is 3.57. The van der Waals surface area contributed by atoms with E-state index >= 15 is 0 Å². The second-order valence-corrected chi connectivity index (χ2v) is 6.59. The SMILES string of the molecule is CCNC(=NCc1cccc(NC(C)=O)c1)NC(C)CCC(C)C. The lowest BCUT2D eigenvalue weighted by Crippen LogP contribution is -2.42. The molecule has 0 saturated heterocycles. The Morgan fingerprint density at radius 1 is 1.21 bits per heavy atom. The van der Waals surface area contributed by atoms with Crippen LogP contribution in [0.3, 0.4) is 0 Å². The molecule has 1 aromatic rings. The Bertz CT molecular complexity index is 540. The molecule has 1 unspecified atom stereocenters. The molecule has 0 spiro atoms. The fraction of sp³-hybridized carbons (Fsp3) is 0.579. The van der Waals surface area contributed by atoms with Crippen LogP contribution in [0.1, 0.15) is 53.0 Å². The van der Waals surface area contributed by atoms with Crippen molar-refractivity contribution >= 4 is 17.6 Å². The molecule has 1 atom stereocenters. The van der Waals surface area contributed by atoms with Crippen LogP contribution >= 0.6 is 0 Å². The number of amides is 1. The Kier molecular flexibility index (Phi) is 8.90. The number of nitrogens with one attached hydrogen (secondary N) is 3. The minimum absolute atomic E-state index is 0.0652. The smallest absolute Gasteiger partial charge is 0.221 e. The van der Waals surface area contributed by atoms with E-state index in [4.69, 9.17) is 0 Å². The van der Waals surface area contributed by atoms with Crippen molar-refractivity contribution in [2.24, 2.45) is 10.9 Å². The third-order valence-corrected chi connectivity index (χ3v) is 3.57. The minimum Gasteiger partial charge on any atom is -0.357 e. The standard InChI is InChI=1S/C19H32N4O/c1-6-20-19(22-15(4)11-10-14(2)3)21-13-17-8-7-9-18(12-17)23-16(5)24/h7-9,12,14-15H,6,10-11,13H2,1-5H3,(H,23,24)(H2,20,21,22). The minimum atomic E-state index is -0.0652. The molecule has 0 aliphatic heterocycles. The highest BCUT2D eigenvalue weighted by molar-refractivity contribution is 5.88. The van der Waals surface area contributed by atoms with Crippen molar-refractivity contribution in [1.82, 2.24) is 10.6 Å². The molecule has 5 heteroatoms. The number of hydrogen-bond acceptors (Lipinski definition) is 2. The average Bonchev–Trinajstić information content (AvgIpc) is 2.50. The van der Waals surface area contributed by atoms with Gasteiger partial charge in [-0.15, -0.1) is 0 Å². The summed E-state index contributed by atoms with van der Waals surface area (Å²) in [6.45, 7) is 11.6. The summed E-state index contributed by atoms with van der Waals surface area (Å²) in [4.78, 5) is 15.8. The molecule has 0 heterocycles. The fourth-order valence-electron chi connectivity index (χ4n) is 2.33. The van der Waals surface area contributed by atoms with Gasteiger partial charge in [-0.25, -0.2) is 4.99 Å². The molecular formula is C19H32N4O. The number of benzene rings is 1. The maximum Gasteiger partial charge on any atom is 0.221 e. The van der Waals surface area contributed by atoms with Crippen LogP contribution in [0.15, 0.2) is 29.3 Å². The van der Waals surface area contributed by atoms with Crippen molar-refractivity contribution < 1.29 is 4.79 Å². The second-order valence-electron chi connectivity index (χ2n) is 6.59. The highest BCUT2D eigenvalue weighted by atomic mass is 16.1. The van der Waals surface area contributed by atoms with Gasteiger partial charge in [0.25, 0.3) is 0 Å². The molecule has 3 N–H and O–H groups in total. The third kappa shape index (κ3) is 8.56. The Hall–Kier alpha value is -2.04. The summed E-state index contributed by atoms with van der Waals surface area (Å²) in [7, 11) is 0. The predicted octanol–water partition coefficient (Wildman–Crippen LogP) is 3.52. The molecule has 0 radical (unpaired) electrons. The molecule has 24 heavy (non-hydrogen) atoms. The van der Waals surface area contributed by atoms with E-state index in [9.17, 15) is 4.79 Å². The maximum absolute atomic E-state index is 11.1. The first kappa shape index (κ1) is 20.0. The first-order valence-corrected chi connectivity index (χ1v) is 8.82. The maximum atomic E-state index is 11.1. The fourth-order valence-corrected chi connectivity index (χ4v) is 2.33. The molecule has 5 nitrogen and oxygen atoms in total. The quantitative estimate of drug-likeness (QED) is 0.504. The van der Waals surface area contributed by atoms with E-state index in [0.717, 1.165) is 30.2 Å². The van der Waals surface area contributed by atoms with Crippen LogP contribution in [-0.4, -0.2) is 24.5 Å². The van der Waals surface area contributed by atoms with Gasteiger partial charge in [0.05, 0.1) is 6.54 Å². The van der Waals surface area contributed by atoms with Crippen LogP contribution in [-0.2, 0) is 11.3 Å². The predicted molar refractivity (Wildman–Crippen MR) is 102 cm³/mol. The van der Waals surface area contributed by atoms with Crippen LogP contribution in [0.5, 0.6) is 0 Å². The van der Waals surface area contributed by atoms with E-state index in [0.29, 0.717) is 18.5 Å². The Labute approximate surface area is 146 Å². The zero-order chi connectivity index (χ0) is 17.9. The van der Waals surface area contributed by atoms with Crippen LogP contribution in [0.25, 0.3) is 0 Å². The Morgan fingerprint density at radius 3 is 2.58 bits per heavy atom. The van der Waals surface area contributed by atoms with Gasteiger partial charge in [0, 0.05) is 25.2 Å². The zero-order valence-electron chi connectivity index (χ0n) is 15.6. The lowest BCUT2D eigenvalue weighted by molar-refractivity contribution is -0.114. The van der Waals surface area contributed by atoms with E-state index in [1.54, 1.807) is 0 Å². The van der Waals surface area contributed by atoms with Gasteiger partial charge in [-0.1, -0.05) is 26.0 Å². The summed E-state index contributed by atoms with van der Waals surface area (Å²) < 4.78 is 0. The summed E-state index contributed by atoms with van der Waals surface area (Å²) in [5.74, 6) is 1.48. The molecule has 0 fully saturated rings. The number of aliphatic imine (C=N–C) groups is 1. The molecule has 0 aliphatic carbocycles. The molecule has 134 valence electrons. The Morgan fingerprint density at radius 2 is 1.96 bits per heavy atom. The monoisotopic (exact) mass is 332 g/mol. The molecule has 0 aromatic heterocycles. The van der Waals surface area contributed by atoms with Gasteiger partial charge in [0.1, 0.15) is 0 Å². The summed E-state index contributed by atoms with van der Waals surface area (Å²) in [5.41, 5.74) is 1.87. The van der Waals surface area contributed by atoms with Gasteiger partial charge in [0.15, 0.2) is 5.96 Å². The van der Waals surface area contributed by atoms with Crippen molar-refractivity contribution in [2.45, 2.75) is 60.0 Å². The zero-order valence-corrected chi connectivity index (χ0v) is 15.6. The van der Waals surface area contributed by atoms with E-state index in [-0.39, 0.29) is 5.91 Å². The van der Waals surface area contributed by atoms with E-state index in [1.165, 1.54) is 13.3 Å². The summed E-state index contributed by atoms with van der Waals surface area (Å²) >= 11 is 0. The number of anilines is 1. The number of carbonyl (C=O) groups excluding carboxylic acids is 1. The van der Waals surface area contributed by atoms with Crippen molar-refractivity contribution in [2.75, 3.05) is 11.9 Å². The first-order chi connectivity index (χ1) is 11.4. The molecule has 1 amide bonds. The van der Waals surface area contributed by atoms with Crippen molar-refractivity contribution in [3.63, 3.8) is 0 Å². The number of nitrogens with zero attached hydrogens (tertiary/aromatic N) is 1. The van der Waals surface area contributed by atoms with E-state index < -0.39 is 0 Å². The molecule has 0 bridgehead atoms. The van der Waals surface area contributed by atoms with Gasteiger partial charge in [-0.2, -0.15) is 0 Å². The van der Waals surface area contributed by atoms with Gasteiger partial charge in [-0.05, 0) is 50.3 Å². The molecule has 1 rings (SSSR count). The van der Waals surface area contributed by atoms with Gasteiger partial charge >= 0.3 is 0 Å². The largest absolute Gasteiger partial charge is 0.357 e. The normalized spacial score (nSPS) is 12.8. The molecule has 0 aliphatic rings. The molecular weight excluding hydrogens is 300 g/mol. The van der Waals surface area contributed by atoms with Crippen LogP contribution in [0.2, 0.25) is 0 Å². The van der Waals surface area contributed by atoms with Crippen molar-refractivity contribution in [3.8, 4) is 0 Å². The summed E-state index contributed by atoms with van der Waals surface area (Å²) in [6.07, 6.45) is 2.33. The number of rotatable bonds is 8. The van der Waals surface area contributed by atoms with Crippen molar-refractivity contribution in [3.05, 3.63) is 29.8 Å². The highest BCUT2D eigenvalue weighted by Crippen LogP contribution is 2.11. The van der Waals surface area contributed by atoms with Crippen LogP contribution in [0, 0.1) is 5.92 Å². The number of guanidine groups is 1. The summed E-state index contributed by atoms with van der Waals surface area (Å²) in [5, 5.41) is 9.55. The van der Waals surface area contributed by atoms with E-state index in [2.05, 4.69) is 48.6 Å². The number of carbonyl (C=O) groups is 1. The van der Waals surface area contributed by atoms with Crippen LogP contribution in [0.4, 0.5) is 5.69 Å². The first-order valence-electron chi connectivity index (χ1n) is 8.82. The molecule has 1 aromatic carbocycles. The van der Waals surface area contributed by atoms with Gasteiger partial charge in [0.2, 0.25) is 5.91 Å². The highest BCUT2D eigenvalue weighted by Gasteiger charge is 2.06. The average molecular weight is 332 g/mol. The topological polar surface area (TPSA) is 65.5 Å².